The van der Waals surface area contributed by atoms with Crippen LogP contribution in [0.3, 0.4) is 0 Å². The van der Waals surface area contributed by atoms with E-state index in [0.717, 1.165) is 11.3 Å². The van der Waals surface area contributed by atoms with Gasteiger partial charge in [0.1, 0.15) is 17.8 Å². The lowest BCUT2D eigenvalue weighted by molar-refractivity contribution is -0.149. The zero-order valence-electron chi connectivity index (χ0n) is 17.0. The lowest BCUT2D eigenvalue weighted by atomic mass is 9.95. The van der Waals surface area contributed by atoms with E-state index in [0.29, 0.717) is 24.4 Å². The van der Waals surface area contributed by atoms with Crippen LogP contribution in [0.15, 0.2) is 30.6 Å². The maximum atomic E-state index is 13.2. The van der Waals surface area contributed by atoms with Crippen molar-refractivity contribution in [2.75, 3.05) is 27.9 Å². The molecule has 0 saturated heterocycles. The molecule has 1 aliphatic heterocycles. The SMILES string of the molecule is COC(=O)C[C@@H](NC(=O)N1CCc2[nH]cnc2[C@H]1c1cccc(OC)c1)C(=O)OC. The van der Waals surface area contributed by atoms with Gasteiger partial charge in [-0.3, -0.25) is 4.79 Å². The second kappa shape index (κ2) is 9.29. The number of fused-ring (bicyclic) bond motifs is 1. The molecule has 3 rings (SSSR count). The highest BCUT2D eigenvalue weighted by Crippen LogP contribution is 2.34. The zero-order chi connectivity index (χ0) is 21.7. The minimum Gasteiger partial charge on any atom is -0.497 e. The molecular weight excluding hydrogens is 392 g/mol. The largest absolute Gasteiger partial charge is 0.497 e. The number of hydrogen-bond acceptors (Lipinski definition) is 7. The summed E-state index contributed by atoms with van der Waals surface area (Å²) < 4.78 is 14.7. The third kappa shape index (κ3) is 4.37. The lowest BCUT2D eigenvalue weighted by Crippen LogP contribution is -2.52. The van der Waals surface area contributed by atoms with Crippen LogP contribution in [0.25, 0.3) is 0 Å². The van der Waals surface area contributed by atoms with Crippen LogP contribution < -0.4 is 10.1 Å². The number of nitrogens with zero attached hydrogens (tertiary/aromatic N) is 2. The first-order chi connectivity index (χ1) is 14.5. The fourth-order valence-electron chi connectivity index (χ4n) is 3.46. The summed E-state index contributed by atoms with van der Waals surface area (Å²) in [4.78, 5) is 46.0. The van der Waals surface area contributed by atoms with Crippen molar-refractivity contribution in [3.05, 3.63) is 47.5 Å². The number of carbonyl (C=O) groups excluding carboxylic acids is 3. The summed E-state index contributed by atoms with van der Waals surface area (Å²) in [6.07, 6.45) is 1.83. The molecule has 0 aliphatic carbocycles. The number of rotatable bonds is 6. The fraction of sp³-hybridized carbons (Fsp3) is 0.400. The van der Waals surface area contributed by atoms with Crippen molar-refractivity contribution in [2.45, 2.75) is 24.9 Å². The number of esters is 2. The number of aromatic nitrogens is 2. The fourth-order valence-corrected chi connectivity index (χ4v) is 3.46. The molecule has 0 radical (unpaired) electrons. The predicted octanol–water partition coefficient (Wildman–Crippen LogP) is 1.18. The second-order valence-electron chi connectivity index (χ2n) is 6.69. The van der Waals surface area contributed by atoms with Gasteiger partial charge in [0, 0.05) is 18.7 Å². The number of hydrogen-bond donors (Lipinski definition) is 2. The monoisotopic (exact) mass is 416 g/mol. The molecule has 2 aromatic rings. The van der Waals surface area contributed by atoms with E-state index in [1.807, 2.05) is 24.3 Å². The van der Waals surface area contributed by atoms with E-state index in [-0.39, 0.29) is 6.42 Å². The molecule has 0 saturated carbocycles. The van der Waals surface area contributed by atoms with E-state index in [4.69, 9.17) is 9.47 Å². The summed E-state index contributed by atoms with van der Waals surface area (Å²) in [5.74, 6) is -0.721. The normalized spacial score (nSPS) is 16.2. The highest BCUT2D eigenvalue weighted by Gasteiger charge is 2.36. The van der Waals surface area contributed by atoms with Gasteiger partial charge in [-0.15, -0.1) is 0 Å². The number of methoxy groups -OCH3 is 3. The zero-order valence-corrected chi connectivity index (χ0v) is 17.0. The first kappa shape index (κ1) is 21.2. The molecule has 160 valence electrons. The Hall–Kier alpha value is -3.56. The van der Waals surface area contributed by atoms with Gasteiger partial charge < -0.3 is 29.4 Å². The molecule has 2 amide bonds. The van der Waals surface area contributed by atoms with Crippen molar-refractivity contribution in [1.29, 1.82) is 0 Å². The van der Waals surface area contributed by atoms with Crippen LogP contribution in [0.5, 0.6) is 5.75 Å². The summed E-state index contributed by atoms with van der Waals surface area (Å²) in [7, 11) is 3.97. The molecule has 1 aliphatic rings. The highest BCUT2D eigenvalue weighted by molar-refractivity contribution is 5.87. The van der Waals surface area contributed by atoms with E-state index >= 15 is 0 Å². The molecule has 2 atom stereocenters. The van der Waals surface area contributed by atoms with Gasteiger partial charge in [-0.1, -0.05) is 12.1 Å². The van der Waals surface area contributed by atoms with E-state index in [9.17, 15) is 14.4 Å². The van der Waals surface area contributed by atoms with Gasteiger partial charge >= 0.3 is 18.0 Å². The van der Waals surface area contributed by atoms with Crippen LogP contribution in [0.2, 0.25) is 0 Å². The minimum atomic E-state index is -1.17. The number of H-pyrrole nitrogens is 1. The van der Waals surface area contributed by atoms with Crippen molar-refractivity contribution in [3.63, 3.8) is 0 Å². The van der Waals surface area contributed by atoms with Crippen molar-refractivity contribution in [3.8, 4) is 5.75 Å². The average molecular weight is 416 g/mol. The second-order valence-corrected chi connectivity index (χ2v) is 6.69. The number of imidazole rings is 1. The quantitative estimate of drug-likeness (QED) is 0.678. The van der Waals surface area contributed by atoms with Gasteiger partial charge in [-0.2, -0.15) is 0 Å². The Labute approximate surface area is 173 Å². The van der Waals surface area contributed by atoms with E-state index in [1.54, 1.807) is 18.3 Å². The molecule has 10 nitrogen and oxygen atoms in total. The van der Waals surface area contributed by atoms with Crippen LogP contribution in [0, 0.1) is 0 Å². The first-order valence-electron chi connectivity index (χ1n) is 9.36. The number of aromatic amines is 1. The summed E-state index contributed by atoms with van der Waals surface area (Å²) in [5, 5.41) is 2.60. The van der Waals surface area contributed by atoms with Crippen LogP contribution in [-0.4, -0.2) is 66.8 Å². The maximum absolute atomic E-state index is 13.2. The summed E-state index contributed by atoms with van der Waals surface area (Å²) >= 11 is 0. The molecule has 10 heteroatoms. The third-order valence-electron chi connectivity index (χ3n) is 4.98. The standard InChI is InChI=1S/C20H24N4O6/c1-28-13-6-4-5-12(9-13)18-17-14(21-11-22-17)7-8-24(18)20(27)23-15(19(26)30-3)10-16(25)29-2/h4-6,9,11,15,18H,7-8,10H2,1-3H3,(H,21,22)(H,23,27)/t15-,18-/m1/s1. The lowest BCUT2D eigenvalue weighted by Gasteiger charge is -2.36. The molecule has 2 N–H and O–H groups in total. The van der Waals surface area contributed by atoms with Crippen molar-refractivity contribution in [1.82, 2.24) is 20.2 Å². The summed E-state index contributed by atoms with van der Waals surface area (Å²) in [6, 6.07) is 5.18. The Bertz CT molecular complexity index is 928. The highest BCUT2D eigenvalue weighted by atomic mass is 16.5. The number of ether oxygens (including phenoxy) is 3. The predicted molar refractivity (Wildman–Crippen MR) is 105 cm³/mol. The topological polar surface area (TPSA) is 123 Å². The molecule has 30 heavy (non-hydrogen) atoms. The summed E-state index contributed by atoms with van der Waals surface area (Å²) in [5.41, 5.74) is 2.46. The molecule has 0 fully saturated rings. The Morgan fingerprint density at radius 2 is 2.07 bits per heavy atom. The van der Waals surface area contributed by atoms with Crippen LogP contribution >= 0.6 is 0 Å². The molecule has 1 aromatic carbocycles. The number of nitrogens with one attached hydrogen (secondary N) is 2. The Kier molecular flexibility index (Phi) is 6.55. The van der Waals surface area contributed by atoms with Crippen molar-refractivity contribution < 1.29 is 28.6 Å². The van der Waals surface area contributed by atoms with Gasteiger partial charge in [-0.05, 0) is 17.7 Å². The van der Waals surface area contributed by atoms with Gasteiger partial charge in [0.25, 0.3) is 0 Å². The minimum absolute atomic E-state index is 0.333. The molecule has 0 spiro atoms. The smallest absolute Gasteiger partial charge is 0.329 e. The molecule has 0 bridgehead atoms. The average Bonchev–Trinajstić information content (AvgIpc) is 3.26. The first-order valence-corrected chi connectivity index (χ1v) is 9.36. The van der Waals surface area contributed by atoms with Gasteiger partial charge in [-0.25, -0.2) is 14.6 Å². The number of amides is 2. The molecule has 2 heterocycles. The van der Waals surface area contributed by atoms with Crippen LogP contribution in [0.1, 0.15) is 29.4 Å². The van der Waals surface area contributed by atoms with Crippen LogP contribution in [-0.2, 0) is 25.5 Å². The third-order valence-corrected chi connectivity index (χ3v) is 4.98. The van der Waals surface area contributed by atoms with Crippen molar-refractivity contribution >= 4 is 18.0 Å². The van der Waals surface area contributed by atoms with Gasteiger partial charge in [0.05, 0.1) is 39.8 Å². The van der Waals surface area contributed by atoms with Crippen molar-refractivity contribution in [2.24, 2.45) is 0 Å². The molecule has 1 aromatic heterocycles. The molecule has 0 unspecified atom stereocenters. The number of carbonyl (C=O) groups is 3. The maximum Gasteiger partial charge on any atom is 0.329 e. The number of urea groups is 1. The van der Waals surface area contributed by atoms with E-state index in [1.165, 1.54) is 14.2 Å². The van der Waals surface area contributed by atoms with E-state index in [2.05, 4.69) is 20.0 Å². The Balaban J connectivity index is 1.90. The van der Waals surface area contributed by atoms with E-state index < -0.39 is 30.1 Å². The Morgan fingerprint density at radius 1 is 1.27 bits per heavy atom. The molecular formula is C20H24N4O6. The van der Waals surface area contributed by atoms with Crippen LogP contribution in [0.4, 0.5) is 4.79 Å². The summed E-state index contributed by atoms with van der Waals surface area (Å²) in [6.45, 7) is 0.384. The van der Waals surface area contributed by atoms with Gasteiger partial charge in [0.2, 0.25) is 0 Å². The number of benzene rings is 1. The van der Waals surface area contributed by atoms with Gasteiger partial charge in [0.15, 0.2) is 0 Å². The Morgan fingerprint density at radius 3 is 2.77 bits per heavy atom.